The highest BCUT2D eigenvalue weighted by Gasteiger charge is 2.38. The van der Waals surface area contributed by atoms with Crippen LogP contribution >= 0.6 is 0 Å². The summed E-state index contributed by atoms with van der Waals surface area (Å²) in [5.41, 5.74) is 0. The van der Waals surface area contributed by atoms with Gasteiger partial charge in [-0.15, -0.1) is 0 Å². The molecule has 1 aliphatic carbocycles. The molecule has 0 aromatic rings. The largest absolute Gasteiger partial charge is 0.402 e. The maximum atomic E-state index is 12.3. The van der Waals surface area contributed by atoms with Gasteiger partial charge < -0.3 is 5.32 Å². The van der Waals surface area contributed by atoms with Crippen molar-refractivity contribution in [3.8, 4) is 0 Å². The summed E-state index contributed by atoms with van der Waals surface area (Å²) in [6.07, 6.45) is -2.49. The predicted molar refractivity (Wildman–Crippen MR) is 62.7 cm³/mol. The van der Waals surface area contributed by atoms with Gasteiger partial charge >= 0.3 is 6.18 Å². The van der Waals surface area contributed by atoms with E-state index in [0.29, 0.717) is 10.3 Å². The summed E-state index contributed by atoms with van der Waals surface area (Å²) in [6, 6.07) is 0.334. The fraction of sp³-hybridized carbons (Fsp3) is 1.00. The second kappa shape index (κ2) is 5.75. The summed E-state index contributed by atoms with van der Waals surface area (Å²) in [5.74, 6) is 0. The van der Waals surface area contributed by atoms with Crippen molar-refractivity contribution >= 4 is 10.0 Å². The highest BCUT2D eigenvalue weighted by molar-refractivity contribution is 7.89. The van der Waals surface area contributed by atoms with E-state index in [-0.39, 0.29) is 13.1 Å². The number of nitrogens with one attached hydrogen (secondary N) is 1. The first-order valence-corrected chi connectivity index (χ1v) is 7.46. The van der Waals surface area contributed by atoms with E-state index in [2.05, 4.69) is 5.32 Å². The van der Waals surface area contributed by atoms with Crippen LogP contribution in [0, 0.1) is 0 Å². The van der Waals surface area contributed by atoms with Crippen molar-refractivity contribution in [3.05, 3.63) is 0 Å². The Bertz CT molecular complexity index is 366. The molecule has 0 bridgehead atoms. The van der Waals surface area contributed by atoms with Gasteiger partial charge in [-0.25, -0.2) is 8.42 Å². The molecule has 18 heavy (non-hydrogen) atoms. The number of halogens is 3. The maximum Gasteiger partial charge on any atom is 0.402 e. The number of hydrogen-bond acceptors (Lipinski definition) is 3. The van der Waals surface area contributed by atoms with Crippen molar-refractivity contribution in [2.75, 3.05) is 19.6 Å². The molecule has 0 aromatic carbocycles. The van der Waals surface area contributed by atoms with Gasteiger partial charge in [0, 0.05) is 19.1 Å². The monoisotopic (exact) mass is 288 g/mol. The molecule has 0 saturated heterocycles. The summed E-state index contributed by atoms with van der Waals surface area (Å²) < 4.78 is 61.3. The van der Waals surface area contributed by atoms with Crippen molar-refractivity contribution in [2.45, 2.75) is 44.2 Å². The molecule has 0 spiro atoms. The molecule has 0 aliphatic heterocycles. The van der Waals surface area contributed by atoms with Gasteiger partial charge in [-0.3, -0.25) is 0 Å². The second-order valence-corrected chi connectivity index (χ2v) is 6.93. The van der Waals surface area contributed by atoms with Gasteiger partial charge in [0.05, 0.1) is 5.25 Å². The average molecular weight is 288 g/mol. The van der Waals surface area contributed by atoms with Gasteiger partial charge in [-0.2, -0.15) is 17.5 Å². The molecule has 0 heterocycles. The topological polar surface area (TPSA) is 49.4 Å². The fourth-order valence-electron chi connectivity index (χ4n) is 1.56. The van der Waals surface area contributed by atoms with E-state index in [1.54, 1.807) is 0 Å². The molecular weight excluding hydrogens is 269 g/mol. The maximum absolute atomic E-state index is 12.3. The Morgan fingerprint density at radius 2 is 1.94 bits per heavy atom. The molecule has 1 aliphatic rings. The van der Waals surface area contributed by atoms with Crippen LogP contribution in [0.5, 0.6) is 0 Å². The van der Waals surface area contributed by atoms with E-state index in [4.69, 9.17) is 0 Å². The minimum atomic E-state index is -4.51. The number of rotatable bonds is 7. The van der Waals surface area contributed by atoms with E-state index < -0.39 is 28.0 Å². The molecule has 0 radical (unpaired) electrons. The first kappa shape index (κ1) is 15.7. The molecule has 1 N–H and O–H groups in total. The molecule has 0 amide bonds. The Hall–Kier alpha value is -0.340. The predicted octanol–water partition coefficient (Wildman–Crippen LogP) is 1.34. The van der Waals surface area contributed by atoms with Crippen LogP contribution in [0.2, 0.25) is 0 Å². The number of alkyl halides is 3. The van der Waals surface area contributed by atoms with Crippen LogP contribution in [0.15, 0.2) is 0 Å². The zero-order chi connectivity index (χ0) is 14.0. The lowest BCUT2D eigenvalue weighted by atomic mass is 10.4. The molecular formula is C10H19F3N2O2S. The summed E-state index contributed by atoms with van der Waals surface area (Å²) in [7, 11) is -3.90. The van der Waals surface area contributed by atoms with E-state index in [1.807, 2.05) is 0 Å². The van der Waals surface area contributed by atoms with Crippen LogP contribution < -0.4 is 5.32 Å². The smallest absolute Gasteiger partial charge is 0.313 e. The highest BCUT2D eigenvalue weighted by atomic mass is 32.2. The molecule has 1 fully saturated rings. The molecule has 4 nitrogen and oxygen atoms in total. The lowest BCUT2D eigenvalue weighted by Gasteiger charge is -2.25. The van der Waals surface area contributed by atoms with Crippen LogP contribution in [0.3, 0.4) is 0 Å². The van der Waals surface area contributed by atoms with Crippen LogP contribution in [0.25, 0.3) is 0 Å². The second-order valence-electron chi connectivity index (χ2n) is 4.58. The minimum Gasteiger partial charge on any atom is -0.313 e. The van der Waals surface area contributed by atoms with Gasteiger partial charge in [-0.1, -0.05) is 6.92 Å². The van der Waals surface area contributed by atoms with Crippen LogP contribution in [-0.4, -0.2) is 49.8 Å². The minimum absolute atomic E-state index is 0.171. The number of hydrogen-bond donors (Lipinski definition) is 1. The van der Waals surface area contributed by atoms with E-state index >= 15 is 0 Å². The molecule has 1 unspecified atom stereocenters. The standard InChI is InChI=1S/C10H19F3N2O2S/c1-3-15(7-10(11,12)13)18(16,17)8(2)6-14-9-4-5-9/h8-9,14H,3-7H2,1-2H3. The molecule has 108 valence electrons. The lowest BCUT2D eigenvalue weighted by molar-refractivity contribution is -0.135. The van der Waals surface area contributed by atoms with E-state index in [0.717, 1.165) is 12.8 Å². The van der Waals surface area contributed by atoms with Gasteiger partial charge in [0.25, 0.3) is 0 Å². The van der Waals surface area contributed by atoms with Crippen LogP contribution in [0.1, 0.15) is 26.7 Å². The first-order chi connectivity index (χ1) is 8.16. The van der Waals surface area contributed by atoms with Crippen LogP contribution in [-0.2, 0) is 10.0 Å². The third-order valence-corrected chi connectivity index (χ3v) is 5.14. The quantitative estimate of drug-likeness (QED) is 0.769. The van der Waals surface area contributed by atoms with Crippen molar-refractivity contribution in [1.29, 1.82) is 0 Å². The van der Waals surface area contributed by atoms with Crippen molar-refractivity contribution in [1.82, 2.24) is 9.62 Å². The van der Waals surface area contributed by atoms with Crippen LogP contribution in [0.4, 0.5) is 13.2 Å². The Morgan fingerprint density at radius 3 is 2.33 bits per heavy atom. The molecule has 1 rings (SSSR count). The molecule has 1 saturated carbocycles. The summed E-state index contributed by atoms with van der Waals surface area (Å²) in [5, 5.41) is 2.17. The summed E-state index contributed by atoms with van der Waals surface area (Å²) in [6.45, 7) is 1.45. The highest BCUT2D eigenvalue weighted by Crippen LogP contribution is 2.21. The number of nitrogens with zero attached hydrogens (tertiary/aromatic N) is 1. The Labute approximate surface area is 106 Å². The van der Waals surface area contributed by atoms with Crippen molar-refractivity contribution in [3.63, 3.8) is 0 Å². The first-order valence-electron chi connectivity index (χ1n) is 5.96. The molecule has 0 aromatic heterocycles. The van der Waals surface area contributed by atoms with Crippen molar-refractivity contribution in [2.24, 2.45) is 0 Å². The third-order valence-electron chi connectivity index (χ3n) is 2.85. The van der Waals surface area contributed by atoms with Gasteiger partial charge in [0.2, 0.25) is 10.0 Å². The fourth-order valence-corrected chi connectivity index (χ4v) is 3.06. The molecule has 8 heteroatoms. The van der Waals surface area contributed by atoms with E-state index in [9.17, 15) is 21.6 Å². The number of sulfonamides is 1. The van der Waals surface area contributed by atoms with Gasteiger partial charge in [-0.05, 0) is 19.8 Å². The lowest BCUT2D eigenvalue weighted by Crippen LogP contribution is -2.45. The van der Waals surface area contributed by atoms with Gasteiger partial charge in [0.15, 0.2) is 0 Å². The SMILES string of the molecule is CCN(CC(F)(F)F)S(=O)(=O)C(C)CNC1CC1. The van der Waals surface area contributed by atoms with Gasteiger partial charge in [0.1, 0.15) is 6.54 Å². The summed E-state index contributed by atoms with van der Waals surface area (Å²) in [4.78, 5) is 0. The third kappa shape index (κ3) is 4.74. The average Bonchev–Trinajstić information content (AvgIpc) is 3.04. The normalized spacial score (nSPS) is 19.2. The van der Waals surface area contributed by atoms with E-state index in [1.165, 1.54) is 13.8 Å². The summed E-state index contributed by atoms with van der Waals surface area (Å²) >= 11 is 0. The Balaban J connectivity index is 2.61. The Kier molecular flexibility index (Phi) is 5.02. The zero-order valence-corrected chi connectivity index (χ0v) is 11.3. The van der Waals surface area contributed by atoms with Crippen molar-refractivity contribution < 1.29 is 21.6 Å². The molecule has 1 atom stereocenters. The Morgan fingerprint density at radius 1 is 1.39 bits per heavy atom. The zero-order valence-electron chi connectivity index (χ0n) is 10.5.